The Morgan fingerprint density at radius 1 is 1.24 bits per heavy atom. The molecule has 0 spiro atoms. The number of aromatic nitrogens is 4. The topological polar surface area (TPSA) is 93.0 Å². The molecule has 0 radical (unpaired) electrons. The zero-order valence-corrected chi connectivity index (χ0v) is 15.2. The molecule has 0 saturated carbocycles. The normalized spacial score (nSPS) is 12.0. The Morgan fingerprint density at radius 3 is 2.76 bits per heavy atom. The molecule has 0 aliphatic carbocycles. The Kier molecular flexibility index (Phi) is 4.69. The van der Waals surface area contributed by atoms with Crippen molar-refractivity contribution >= 4 is 32.2 Å². The largest absolute Gasteiger partial charge is 0.337 e. The molecule has 9 heteroatoms. The molecule has 3 rings (SSSR count). The van der Waals surface area contributed by atoms with Crippen molar-refractivity contribution < 1.29 is 8.42 Å². The van der Waals surface area contributed by atoms with Gasteiger partial charge in [-0.05, 0) is 32.3 Å². The average Bonchev–Trinajstić information content (AvgIpc) is 2.99. The first kappa shape index (κ1) is 17.3. The predicted octanol–water partition coefficient (Wildman–Crippen LogP) is 1.53. The lowest BCUT2D eigenvalue weighted by Gasteiger charge is -2.09. The van der Waals surface area contributed by atoms with Gasteiger partial charge in [-0.2, -0.15) is 5.10 Å². The summed E-state index contributed by atoms with van der Waals surface area (Å²) in [6, 6.07) is 4.82. The Hall–Kier alpha value is -2.52. The summed E-state index contributed by atoms with van der Waals surface area (Å²) < 4.78 is 25.4. The van der Waals surface area contributed by atoms with Crippen LogP contribution in [0.15, 0.2) is 41.8 Å². The van der Waals surface area contributed by atoms with Crippen LogP contribution >= 0.6 is 0 Å². The summed E-state index contributed by atoms with van der Waals surface area (Å²) in [7, 11) is 0.718. The molecule has 0 saturated heterocycles. The number of fused-ring (bicyclic) bond motifs is 1. The van der Waals surface area contributed by atoms with Crippen LogP contribution in [-0.4, -0.2) is 60.0 Å². The molecule has 1 N–H and O–H groups in total. The SMILES string of the molecule is CN(C)CCn1cc(Nc2ncnc3ccc(S(C)(=O)=O)cc23)cn1. The highest BCUT2D eigenvalue weighted by atomic mass is 32.2. The van der Waals surface area contributed by atoms with Gasteiger partial charge in [-0.3, -0.25) is 4.68 Å². The van der Waals surface area contributed by atoms with Crippen molar-refractivity contribution in [3.63, 3.8) is 0 Å². The minimum atomic E-state index is -3.30. The van der Waals surface area contributed by atoms with Crippen LogP contribution in [0.3, 0.4) is 0 Å². The molecule has 0 atom stereocenters. The number of anilines is 2. The van der Waals surface area contributed by atoms with Crippen LogP contribution in [0.4, 0.5) is 11.5 Å². The van der Waals surface area contributed by atoms with E-state index in [9.17, 15) is 8.42 Å². The van der Waals surface area contributed by atoms with Gasteiger partial charge in [0.1, 0.15) is 12.1 Å². The van der Waals surface area contributed by atoms with Gasteiger partial charge in [-0.25, -0.2) is 18.4 Å². The second kappa shape index (κ2) is 6.77. The lowest BCUT2D eigenvalue weighted by Crippen LogP contribution is -2.18. The number of benzene rings is 1. The predicted molar refractivity (Wildman–Crippen MR) is 96.7 cm³/mol. The standard InChI is InChI=1S/C16H20N6O2S/c1-21(2)6-7-22-10-12(9-19-22)20-16-14-8-13(25(3,23)24)4-5-15(14)17-11-18-16/h4-5,8-11H,6-7H2,1-3H3,(H,17,18,20). The van der Waals surface area contributed by atoms with Gasteiger partial charge in [0.15, 0.2) is 9.84 Å². The zero-order valence-electron chi connectivity index (χ0n) is 14.3. The minimum Gasteiger partial charge on any atom is -0.337 e. The van der Waals surface area contributed by atoms with Crippen LogP contribution in [0.5, 0.6) is 0 Å². The van der Waals surface area contributed by atoms with Crippen molar-refractivity contribution in [2.45, 2.75) is 11.4 Å². The third-order valence-corrected chi connectivity index (χ3v) is 4.82. The lowest BCUT2D eigenvalue weighted by molar-refractivity contribution is 0.373. The molecule has 3 aromatic rings. The van der Waals surface area contributed by atoms with Gasteiger partial charge >= 0.3 is 0 Å². The van der Waals surface area contributed by atoms with Crippen LogP contribution in [0.1, 0.15) is 0 Å². The number of hydrogen-bond acceptors (Lipinski definition) is 7. The van der Waals surface area contributed by atoms with E-state index < -0.39 is 9.84 Å². The van der Waals surface area contributed by atoms with E-state index in [2.05, 4.69) is 25.3 Å². The maximum absolute atomic E-state index is 11.8. The number of rotatable bonds is 6. The van der Waals surface area contributed by atoms with Gasteiger partial charge in [-0.15, -0.1) is 0 Å². The van der Waals surface area contributed by atoms with Crippen molar-refractivity contribution in [2.75, 3.05) is 32.2 Å². The smallest absolute Gasteiger partial charge is 0.175 e. The highest BCUT2D eigenvalue weighted by Gasteiger charge is 2.11. The highest BCUT2D eigenvalue weighted by Crippen LogP contribution is 2.25. The molecule has 25 heavy (non-hydrogen) atoms. The molecular weight excluding hydrogens is 340 g/mol. The summed E-state index contributed by atoms with van der Waals surface area (Å²) in [6.45, 7) is 1.66. The molecule has 0 aliphatic rings. The van der Waals surface area contributed by atoms with Crippen molar-refractivity contribution in [3.8, 4) is 0 Å². The van der Waals surface area contributed by atoms with Crippen molar-refractivity contribution in [2.24, 2.45) is 0 Å². The third-order valence-electron chi connectivity index (χ3n) is 3.71. The molecule has 2 heterocycles. The van der Waals surface area contributed by atoms with E-state index in [1.807, 2.05) is 25.0 Å². The van der Waals surface area contributed by atoms with Gasteiger partial charge in [0, 0.05) is 24.4 Å². The Morgan fingerprint density at radius 2 is 2.04 bits per heavy atom. The molecule has 132 valence electrons. The summed E-state index contributed by atoms with van der Waals surface area (Å²) in [6.07, 6.45) is 6.23. The highest BCUT2D eigenvalue weighted by molar-refractivity contribution is 7.90. The van der Waals surface area contributed by atoms with Crippen molar-refractivity contribution in [1.82, 2.24) is 24.6 Å². The maximum Gasteiger partial charge on any atom is 0.175 e. The number of nitrogens with zero attached hydrogens (tertiary/aromatic N) is 5. The van der Waals surface area contributed by atoms with E-state index >= 15 is 0 Å². The van der Waals surface area contributed by atoms with E-state index in [0.717, 1.165) is 18.8 Å². The minimum absolute atomic E-state index is 0.236. The first-order valence-electron chi connectivity index (χ1n) is 7.72. The summed E-state index contributed by atoms with van der Waals surface area (Å²) in [5, 5.41) is 8.15. The number of sulfone groups is 1. The van der Waals surface area contributed by atoms with E-state index in [4.69, 9.17) is 0 Å². The van der Waals surface area contributed by atoms with Gasteiger partial charge in [-0.1, -0.05) is 0 Å². The average molecular weight is 360 g/mol. The van der Waals surface area contributed by atoms with Crippen LogP contribution < -0.4 is 5.32 Å². The first-order valence-corrected chi connectivity index (χ1v) is 9.61. The van der Waals surface area contributed by atoms with E-state index in [1.54, 1.807) is 24.4 Å². The van der Waals surface area contributed by atoms with Gasteiger partial charge < -0.3 is 10.2 Å². The molecular formula is C16H20N6O2S. The summed E-state index contributed by atoms with van der Waals surface area (Å²) in [5.41, 5.74) is 1.45. The second-order valence-electron chi connectivity index (χ2n) is 6.09. The van der Waals surface area contributed by atoms with E-state index in [1.165, 1.54) is 12.6 Å². The molecule has 0 bridgehead atoms. The van der Waals surface area contributed by atoms with Crippen LogP contribution in [0, 0.1) is 0 Å². The fraction of sp³-hybridized carbons (Fsp3) is 0.312. The number of nitrogens with one attached hydrogen (secondary N) is 1. The molecule has 0 amide bonds. The quantitative estimate of drug-likeness (QED) is 0.712. The summed E-state index contributed by atoms with van der Waals surface area (Å²) in [5.74, 6) is 0.544. The maximum atomic E-state index is 11.8. The first-order chi connectivity index (χ1) is 11.8. The second-order valence-corrected chi connectivity index (χ2v) is 8.11. The molecule has 0 unspecified atom stereocenters. The molecule has 2 aromatic heterocycles. The van der Waals surface area contributed by atoms with E-state index in [-0.39, 0.29) is 4.90 Å². The van der Waals surface area contributed by atoms with Crippen LogP contribution in [-0.2, 0) is 16.4 Å². The molecule has 8 nitrogen and oxygen atoms in total. The van der Waals surface area contributed by atoms with Gasteiger partial charge in [0.05, 0.1) is 28.8 Å². The fourth-order valence-electron chi connectivity index (χ4n) is 2.36. The molecule has 0 aliphatic heterocycles. The Bertz CT molecular complexity index is 997. The fourth-order valence-corrected chi connectivity index (χ4v) is 3.00. The number of hydrogen-bond donors (Lipinski definition) is 1. The third kappa shape index (κ3) is 4.12. The Balaban J connectivity index is 1.91. The van der Waals surface area contributed by atoms with E-state index in [0.29, 0.717) is 16.7 Å². The zero-order chi connectivity index (χ0) is 18.0. The lowest BCUT2D eigenvalue weighted by atomic mass is 10.2. The van der Waals surface area contributed by atoms with Crippen LogP contribution in [0.2, 0.25) is 0 Å². The van der Waals surface area contributed by atoms with Crippen LogP contribution in [0.25, 0.3) is 10.9 Å². The molecule has 1 aromatic carbocycles. The van der Waals surface area contributed by atoms with Gasteiger partial charge in [0.25, 0.3) is 0 Å². The Labute approximate surface area is 146 Å². The van der Waals surface area contributed by atoms with Gasteiger partial charge in [0.2, 0.25) is 0 Å². The number of likely N-dealkylation sites (N-methyl/N-ethyl adjacent to an activating group) is 1. The summed E-state index contributed by atoms with van der Waals surface area (Å²) >= 11 is 0. The summed E-state index contributed by atoms with van der Waals surface area (Å²) in [4.78, 5) is 10.8. The van der Waals surface area contributed by atoms with Crippen molar-refractivity contribution in [1.29, 1.82) is 0 Å². The van der Waals surface area contributed by atoms with Crippen molar-refractivity contribution in [3.05, 3.63) is 36.9 Å². The monoisotopic (exact) mass is 360 g/mol. The molecule has 0 fully saturated rings.